The first kappa shape index (κ1) is 12.6. The van der Waals surface area contributed by atoms with Gasteiger partial charge in [-0.25, -0.2) is 0 Å². The number of benzene rings is 1. The van der Waals surface area contributed by atoms with Gasteiger partial charge in [-0.3, -0.25) is 0 Å². The lowest BCUT2D eigenvalue weighted by atomic mass is 10.2. The third-order valence-electron chi connectivity index (χ3n) is 3.13. The van der Waals surface area contributed by atoms with Crippen LogP contribution in [0.1, 0.15) is 0 Å². The van der Waals surface area contributed by atoms with Gasteiger partial charge in [0.1, 0.15) is 0 Å². The van der Waals surface area contributed by atoms with Crippen LogP contribution in [-0.2, 0) is 0 Å². The summed E-state index contributed by atoms with van der Waals surface area (Å²) in [5.41, 5.74) is 0.996. The number of nitrogens with one attached hydrogen (secondary N) is 1. The number of nitrogens with zero attached hydrogens (tertiary/aromatic N) is 3. The topological polar surface area (TPSA) is 41.1 Å². The first-order chi connectivity index (χ1) is 9.34. The van der Waals surface area contributed by atoms with Crippen LogP contribution in [0.2, 0.25) is 0 Å². The van der Waals surface area contributed by atoms with Crippen molar-refractivity contribution in [2.75, 3.05) is 29.9 Å². The lowest BCUT2D eigenvalue weighted by molar-refractivity contribution is 0.470. The largest absolute Gasteiger partial charge is 0.347 e. The summed E-state index contributed by atoms with van der Waals surface area (Å²) in [4.78, 5) is 2.22. The number of thiocarbonyl (C=S) groups is 1. The van der Waals surface area contributed by atoms with Crippen LogP contribution >= 0.6 is 24.0 Å². The van der Waals surface area contributed by atoms with E-state index in [0.29, 0.717) is 0 Å². The maximum Gasteiger partial charge on any atom is 0.173 e. The molecule has 4 nitrogen and oxygen atoms in total. The van der Waals surface area contributed by atoms with Crippen LogP contribution in [0.15, 0.2) is 30.6 Å². The second-order valence-corrected chi connectivity index (χ2v) is 5.94. The highest BCUT2D eigenvalue weighted by Crippen LogP contribution is 2.22. The standard InChI is InChI=1S/C13H14N4S2/c18-13(17-4-6-19-7-5-17)16-12-3-1-2-10-8-14-15-9-11(10)12/h1-3,8-9H,4-7H2,(H,16,18). The smallest absolute Gasteiger partial charge is 0.173 e. The van der Waals surface area contributed by atoms with E-state index >= 15 is 0 Å². The summed E-state index contributed by atoms with van der Waals surface area (Å²) in [6, 6.07) is 6.05. The third kappa shape index (κ3) is 2.79. The Morgan fingerprint density at radius 1 is 1.21 bits per heavy atom. The highest BCUT2D eigenvalue weighted by molar-refractivity contribution is 7.99. The van der Waals surface area contributed by atoms with Crippen molar-refractivity contribution in [3.8, 4) is 0 Å². The van der Waals surface area contributed by atoms with E-state index in [4.69, 9.17) is 12.2 Å². The lowest BCUT2D eigenvalue weighted by Gasteiger charge is -2.29. The van der Waals surface area contributed by atoms with Crippen molar-refractivity contribution in [1.82, 2.24) is 15.1 Å². The molecular formula is C13H14N4S2. The molecule has 1 aliphatic heterocycles. The molecule has 3 rings (SSSR count). The van der Waals surface area contributed by atoms with Crippen molar-refractivity contribution < 1.29 is 0 Å². The fourth-order valence-corrected chi connectivity index (χ4v) is 3.29. The molecule has 19 heavy (non-hydrogen) atoms. The number of anilines is 1. The Kier molecular flexibility index (Phi) is 3.79. The molecule has 0 bridgehead atoms. The molecule has 1 fully saturated rings. The van der Waals surface area contributed by atoms with E-state index in [2.05, 4.69) is 20.4 Å². The number of rotatable bonds is 1. The summed E-state index contributed by atoms with van der Waals surface area (Å²) >= 11 is 7.47. The molecule has 0 aliphatic carbocycles. The van der Waals surface area contributed by atoms with E-state index in [1.54, 1.807) is 12.4 Å². The van der Waals surface area contributed by atoms with Crippen LogP contribution in [0.25, 0.3) is 10.8 Å². The van der Waals surface area contributed by atoms with E-state index < -0.39 is 0 Å². The monoisotopic (exact) mass is 290 g/mol. The van der Waals surface area contributed by atoms with Gasteiger partial charge >= 0.3 is 0 Å². The molecule has 6 heteroatoms. The Bertz CT molecular complexity index is 591. The zero-order valence-corrected chi connectivity index (χ0v) is 12.0. The molecule has 1 aliphatic rings. The van der Waals surface area contributed by atoms with Crippen LogP contribution in [0.3, 0.4) is 0 Å². The number of hydrogen-bond acceptors (Lipinski definition) is 4. The molecule has 1 N–H and O–H groups in total. The summed E-state index contributed by atoms with van der Waals surface area (Å²) < 4.78 is 0. The molecular weight excluding hydrogens is 276 g/mol. The van der Waals surface area contributed by atoms with Gasteiger partial charge in [-0.2, -0.15) is 22.0 Å². The lowest BCUT2D eigenvalue weighted by Crippen LogP contribution is -2.40. The van der Waals surface area contributed by atoms with Gasteiger partial charge in [0, 0.05) is 41.1 Å². The maximum atomic E-state index is 5.49. The van der Waals surface area contributed by atoms with Crippen LogP contribution in [-0.4, -0.2) is 44.8 Å². The molecule has 2 heterocycles. The Balaban J connectivity index is 1.82. The van der Waals surface area contributed by atoms with Gasteiger partial charge in [0.15, 0.2) is 5.11 Å². The molecule has 2 aromatic rings. The minimum atomic E-state index is 0.796. The number of thioether (sulfide) groups is 1. The molecule has 0 atom stereocenters. The van der Waals surface area contributed by atoms with Crippen LogP contribution in [0.4, 0.5) is 5.69 Å². The zero-order valence-electron chi connectivity index (χ0n) is 10.4. The average molecular weight is 290 g/mol. The van der Waals surface area contributed by atoms with E-state index in [0.717, 1.165) is 46.2 Å². The van der Waals surface area contributed by atoms with Crippen LogP contribution in [0, 0.1) is 0 Å². The van der Waals surface area contributed by atoms with Gasteiger partial charge in [0.05, 0.1) is 12.4 Å². The molecule has 1 aromatic heterocycles. The predicted molar refractivity (Wildman–Crippen MR) is 84.7 cm³/mol. The van der Waals surface area contributed by atoms with Crippen molar-refractivity contribution in [3.63, 3.8) is 0 Å². The summed E-state index contributed by atoms with van der Waals surface area (Å²) in [6.45, 7) is 2.03. The summed E-state index contributed by atoms with van der Waals surface area (Å²) in [5, 5.41) is 14.1. The van der Waals surface area contributed by atoms with Crippen LogP contribution < -0.4 is 5.32 Å². The van der Waals surface area contributed by atoms with Gasteiger partial charge in [0.25, 0.3) is 0 Å². The molecule has 0 radical (unpaired) electrons. The van der Waals surface area contributed by atoms with Gasteiger partial charge in [-0.15, -0.1) is 0 Å². The number of hydrogen-bond donors (Lipinski definition) is 1. The van der Waals surface area contributed by atoms with E-state index in [-0.39, 0.29) is 0 Å². The molecule has 0 spiro atoms. The van der Waals surface area contributed by atoms with E-state index in [1.807, 2.05) is 30.0 Å². The van der Waals surface area contributed by atoms with Crippen molar-refractivity contribution in [1.29, 1.82) is 0 Å². The SMILES string of the molecule is S=C(Nc1cccc2cnncc12)N1CCSCC1. The van der Waals surface area contributed by atoms with Crippen molar-refractivity contribution in [3.05, 3.63) is 30.6 Å². The molecule has 0 amide bonds. The predicted octanol–water partition coefficient (Wildman–Crippen LogP) is 2.38. The van der Waals surface area contributed by atoms with Crippen molar-refractivity contribution in [2.24, 2.45) is 0 Å². The Morgan fingerprint density at radius 2 is 2.00 bits per heavy atom. The second-order valence-electron chi connectivity index (χ2n) is 4.33. The molecule has 98 valence electrons. The first-order valence-corrected chi connectivity index (χ1v) is 7.74. The summed E-state index contributed by atoms with van der Waals surface area (Å²) in [6.07, 6.45) is 3.54. The maximum absolute atomic E-state index is 5.49. The second kappa shape index (κ2) is 5.71. The Hall–Kier alpha value is -1.40. The van der Waals surface area contributed by atoms with Gasteiger partial charge in [-0.1, -0.05) is 12.1 Å². The van der Waals surface area contributed by atoms with Gasteiger partial charge < -0.3 is 10.2 Å². The Morgan fingerprint density at radius 3 is 2.84 bits per heavy atom. The zero-order chi connectivity index (χ0) is 13.1. The molecule has 0 saturated carbocycles. The molecule has 1 aromatic carbocycles. The van der Waals surface area contributed by atoms with E-state index in [9.17, 15) is 0 Å². The number of aromatic nitrogens is 2. The first-order valence-electron chi connectivity index (χ1n) is 6.18. The number of fused-ring (bicyclic) bond motifs is 1. The summed E-state index contributed by atoms with van der Waals surface area (Å²) in [5.74, 6) is 2.28. The fraction of sp³-hybridized carbons (Fsp3) is 0.308. The van der Waals surface area contributed by atoms with Crippen molar-refractivity contribution in [2.45, 2.75) is 0 Å². The molecule has 1 saturated heterocycles. The third-order valence-corrected chi connectivity index (χ3v) is 4.43. The quantitative estimate of drug-likeness (QED) is 0.813. The molecule has 0 unspecified atom stereocenters. The minimum absolute atomic E-state index is 0.796. The fourth-order valence-electron chi connectivity index (χ4n) is 2.10. The van der Waals surface area contributed by atoms with E-state index in [1.165, 1.54) is 0 Å². The van der Waals surface area contributed by atoms with Gasteiger partial charge in [-0.05, 0) is 18.3 Å². The Labute approximate surface area is 121 Å². The van der Waals surface area contributed by atoms with Crippen molar-refractivity contribution >= 4 is 45.6 Å². The summed E-state index contributed by atoms with van der Waals surface area (Å²) in [7, 11) is 0. The average Bonchev–Trinajstić information content (AvgIpc) is 2.48. The van der Waals surface area contributed by atoms with Gasteiger partial charge in [0.2, 0.25) is 0 Å². The van der Waals surface area contributed by atoms with Crippen LogP contribution in [0.5, 0.6) is 0 Å². The normalized spacial score (nSPS) is 15.5. The minimum Gasteiger partial charge on any atom is -0.347 e. The highest BCUT2D eigenvalue weighted by Gasteiger charge is 2.14. The highest BCUT2D eigenvalue weighted by atomic mass is 32.2.